The summed E-state index contributed by atoms with van der Waals surface area (Å²) in [6.07, 6.45) is 0.754. The topological polar surface area (TPSA) is 58.4 Å². The molecule has 3 N–H and O–H groups in total. The van der Waals surface area contributed by atoms with Gasteiger partial charge in [0.25, 0.3) is 0 Å². The number of nitrogens with one attached hydrogen (secondary N) is 1. The molecular weight excluding hydrogens is 166 g/mol. The van der Waals surface area contributed by atoms with Gasteiger partial charge in [-0.2, -0.15) is 0 Å². The zero-order valence-corrected chi connectivity index (χ0v) is 8.42. The molecule has 2 unspecified atom stereocenters. The Balaban J connectivity index is 2.65. The summed E-state index contributed by atoms with van der Waals surface area (Å²) in [5.74, 6) is 0.130. The van der Waals surface area contributed by atoms with Crippen molar-refractivity contribution in [3.8, 4) is 0 Å². The van der Waals surface area contributed by atoms with Crippen LogP contribution in [0.25, 0.3) is 0 Å². The molecule has 1 rings (SSSR count). The van der Waals surface area contributed by atoms with E-state index in [0.29, 0.717) is 12.6 Å². The zero-order chi connectivity index (χ0) is 9.84. The van der Waals surface area contributed by atoms with E-state index in [4.69, 9.17) is 5.73 Å². The third-order valence-electron chi connectivity index (χ3n) is 2.65. The lowest BCUT2D eigenvalue weighted by Crippen LogP contribution is -2.59. The van der Waals surface area contributed by atoms with Crippen molar-refractivity contribution in [2.75, 3.05) is 19.6 Å². The van der Waals surface area contributed by atoms with Crippen LogP contribution < -0.4 is 11.1 Å². The fourth-order valence-corrected chi connectivity index (χ4v) is 1.93. The summed E-state index contributed by atoms with van der Waals surface area (Å²) in [5, 5.41) is 2.89. The maximum Gasteiger partial charge on any atom is 0.237 e. The average Bonchev–Trinajstić information content (AvgIpc) is 2.12. The van der Waals surface area contributed by atoms with E-state index in [1.807, 2.05) is 0 Å². The highest BCUT2D eigenvalue weighted by Gasteiger charge is 2.31. The van der Waals surface area contributed by atoms with Crippen LogP contribution >= 0.6 is 0 Å². The van der Waals surface area contributed by atoms with Crippen molar-refractivity contribution >= 4 is 5.91 Å². The summed E-state index contributed by atoms with van der Waals surface area (Å²) in [7, 11) is 0. The van der Waals surface area contributed by atoms with Crippen LogP contribution in [-0.4, -0.2) is 42.5 Å². The molecule has 1 heterocycles. The van der Waals surface area contributed by atoms with Gasteiger partial charge in [-0.3, -0.25) is 9.69 Å². The Labute approximate surface area is 79.5 Å². The summed E-state index contributed by atoms with van der Waals surface area (Å²) in [6.45, 7) is 6.46. The number of piperazine rings is 1. The largest absolute Gasteiger partial charge is 0.353 e. The minimum absolute atomic E-state index is 0.0150. The number of carbonyl (C=O) groups is 1. The number of nitrogens with zero attached hydrogens (tertiary/aromatic N) is 1. The maximum atomic E-state index is 11.5. The second kappa shape index (κ2) is 4.58. The van der Waals surface area contributed by atoms with E-state index in [1.165, 1.54) is 0 Å². The normalized spacial score (nSPS) is 30.2. The predicted molar refractivity (Wildman–Crippen MR) is 52.3 cm³/mol. The SMILES string of the molecule is CCN1C(C)CNC(=O)C1CCN. The van der Waals surface area contributed by atoms with E-state index >= 15 is 0 Å². The van der Waals surface area contributed by atoms with E-state index < -0.39 is 0 Å². The quantitative estimate of drug-likeness (QED) is 0.626. The third kappa shape index (κ3) is 2.19. The van der Waals surface area contributed by atoms with Crippen LogP contribution in [-0.2, 0) is 4.79 Å². The van der Waals surface area contributed by atoms with Crippen molar-refractivity contribution < 1.29 is 4.79 Å². The number of hydrogen-bond acceptors (Lipinski definition) is 3. The van der Waals surface area contributed by atoms with E-state index in [-0.39, 0.29) is 11.9 Å². The first-order chi connectivity index (χ1) is 6.20. The molecule has 0 bridgehead atoms. The molecule has 1 aliphatic heterocycles. The molecule has 1 fully saturated rings. The first-order valence-electron chi connectivity index (χ1n) is 4.94. The molecular formula is C9H19N3O. The monoisotopic (exact) mass is 185 g/mol. The third-order valence-corrected chi connectivity index (χ3v) is 2.65. The van der Waals surface area contributed by atoms with Gasteiger partial charge in [-0.15, -0.1) is 0 Å². The van der Waals surface area contributed by atoms with E-state index in [9.17, 15) is 4.79 Å². The molecule has 0 aromatic rings. The lowest BCUT2D eigenvalue weighted by atomic mass is 10.1. The van der Waals surface area contributed by atoms with E-state index in [0.717, 1.165) is 19.5 Å². The summed E-state index contributed by atoms with van der Waals surface area (Å²) >= 11 is 0. The highest BCUT2D eigenvalue weighted by atomic mass is 16.2. The van der Waals surface area contributed by atoms with Crippen LogP contribution in [0.1, 0.15) is 20.3 Å². The molecule has 0 saturated carbocycles. The highest BCUT2D eigenvalue weighted by Crippen LogP contribution is 2.12. The second-order valence-corrected chi connectivity index (χ2v) is 3.52. The number of likely N-dealkylation sites (N-methyl/N-ethyl adjacent to an activating group) is 1. The summed E-state index contributed by atoms with van der Waals surface area (Å²) in [5.41, 5.74) is 5.48. The van der Waals surface area contributed by atoms with Gasteiger partial charge in [-0.25, -0.2) is 0 Å². The van der Waals surface area contributed by atoms with E-state index in [2.05, 4.69) is 24.1 Å². The zero-order valence-electron chi connectivity index (χ0n) is 8.42. The van der Waals surface area contributed by atoms with Gasteiger partial charge in [-0.1, -0.05) is 6.92 Å². The lowest BCUT2D eigenvalue weighted by Gasteiger charge is -2.39. The molecule has 1 amide bonds. The van der Waals surface area contributed by atoms with Gasteiger partial charge in [0.1, 0.15) is 0 Å². The molecule has 13 heavy (non-hydrogen) atoms. The van der Waals surface area contributed by atoms with Gasteiger partial charge in [0.05, 0.1) is 6.04 Å². The van der Waals surface area contributed by atoms with Crippen LogP contribution in [0, 0.1) is 0 Å². The minimum atomic E-state index is -0.0150. The number of hydrogen-bond donors (Lipinski definition) is 2. The molecule has 0 radical (unpaired) electrons. The van der Waals surface area contributed by atoms with Crippen molar-refractivity contribution in [2.45, 2.75) is 32.4 Å². The van der Waals surface area contributed by atoms with Gasteiger partial charge in [0, 0.05) is 12.6 Å². The first-order valence-corrected chi connectivity index (χ1v) is 4.94. The molecule has 0 aliphatic carbocycles. The van der Waals surface area contributed by atoms with Gasteiger partial charge < -0.3 is 11.1 Å². The first kappa shape index (κ1) is 10.5. The molecule has 0 spiro atoms. The van der Waals surface area contributed by atoms with Crippen molar-refractivity contribution in [1.82, 2.24) is 10.2 Å². The average molecular weight is 185 g/mol. The maximum absolute atomic E-state index is 11.5. The Morgan fingerprint density at radius 1 is 1.69 bits per heavy atom. The lowest BCUT2D eigenvalue weighted by molar-refractivity contribution is -0.130. The van der Waals surface area contributed by atoms with Gasteiger partial charge in [0.2, 0.25) is 5.91 Å². The fourth-order valence-electron chi connectivity index (χ4n) is 1.93. The molecule has 0 aromatic carbocycles. The molecule has 1 aliphatic rings. The predicted octanol–water partition coefficient (Wildman–Crippen LogP) is -0.456. The molecule has 0 aromatic heterocycles. The number of carbonyl (C=O) groups excluding carboxylic acids is 1. The van der Waals surface area contributed by atoms with Gasteiger partial charge >= 0.3 is 0 Å². The van der Waals surface area contributed by atoms with Crippen LogP contribution in [0.3, 0.4) is 0 Å². The van der Waals surface area contributed by atoms with Crippen LogP contribution in [0.4, 0.5) is 0 Å². The Morgan fingerprint density at radius 2 is 2.38 bits per heavy atom. The van der Waals surface area contributed by atoms with Crippen molar-refractivity contribution in [1.29, 1.82) is 0 Å². The van der Waals surface area contributed by atoms with Crippen molar-refractivity contribution in [3.63, 3.8) is 0 Å². The smallest absolute Gasteiger partial charge is 0.237 e. The van der Waals surface area contributed by atoms with Gasteiger partial charge in [-0.05, 0) is 26.4 Å². The Kier molecular flexibility index (Phi) is 3.69. The second-order valence-electron chi connectivity index (χ2n) is 3.52. The molecule has 1 saturated heterocycles. The fraction of sp³-hybridized carbons (Fsp3) is 0.889. The number of rotatable bonds is 3. The minimum Gasteiger partial charge on any atom is -0.353 e. The summed E-state index contributed by atoms with van der Waals surface area (Å²) in [6, 6.07) is 0.415. The molecule has 2 atom stereocenters. The summed E-state index contributed by atoms with van der Waals surface area (Å²) < 4.78 is 0. The van der Waals surface area contributed by atoms with Gasteiger partial charge in [0.15, 0.2) is 0 Å². The molecule has 4 nitrogen and oxygen atoms in total. The Hall–Kier alpha value is -0.610. The standard InChI is InChI=1S/C9H19N3O/c1-3-12-7(2)6-11-9(13)8(12)4-5-10/h7-8H,3-6,10H2,1-2H3,(H,11,13). The Morgan fingerprint density at radius 3 is 2.92 bits per heavy atom. The van der Waals surface area contributed by atoms with Crippen molar-refractivity contribution in [2.24, 2.45) is 5.73 Å². The van der Waals surface area contributed by atoms with Crippen LogP contribution in [0.2, 0.25) is 0 Å². The van der Waals surface area contributed by atoms with Crippen LogP contribution in [0.15, 0.2) is 0 Å². The molecule has 76 valence electrons. The van der Waals surface area contributed by atoms with Crippen LogP contribution in [0.5, 0.6) is 0 Å². The van der Waals surface area contributed by atoms with E-state index in [1.54, 1.807) is 0 Å². The van der Waals surface area contributed by atoms with Crippen molar-refractivity contribution in [3.05, 3.63) is 0 Å². The number of nitrogens with two attached hydrogens (primary N) is 1. The highest BCUT2D eigenvalue weighted by molar-refractivity contribution is 5.82. The molecule has 4 heteroatoms. The Bertz CT molecular complexity index is 184. The number of amides is 1. The summed E-state index contributed by atoms with van der Waals surface area (Å²) in [4.78, 5) is 13.7.